The number of thioether (sulfide) groups is 1. The Morgan fingerprint density at radius 1 is 0.809 bits per heavy atom. The molecule has 6 heterocycles. The topological polar surface area (TPSA) is 224 Å². The zero-order valence-electron chi connectivity index (χ0n) is 26.5. The summed E-state index contributed by atoms with van der Waals surface area (Å²) < 4.78 is 23.9. The normalized spacial score (nSPS) is 41.4. The minimum atomic E-state index is -1.66. The van der Waals surface area contributed by atoms with Crippen molar-refractivity contribution in [3.63, 3.8) is 0 Å². The van der Waals surface area contributed by atoms with E-state index in [0.29, 0.717) is 26.2 Å². The van der Waals surface area contributed by atoms with Gasteiger partial charge >= 0.3 is 0 Å². The zero-order valence-corrected chi connectivity index (χ0v) is 27.4. The lowest BCUT2D eigenvalue weighted by atomic mass is 9.91. The van der Waals surface area contributed by atoms with Crippen molar-refractivity contribution in [2.75, 3.05) is 84.4 Å². The molecule has 6 saturated heterocycles. The number of aliphatic hydroxyl groups excluding tert-OH is 4. The lowest BCUT2D eigenvalue weighted by Crippen LogP contribution is -2.69. The molecule has 266 valence electrons. The molecule has 0 aliphatic carbocycles. The number of carbonyl (C=O) groups is 3. The maximum atomic E-state index is 13.4. The van der Waals surface area contributed by atoms with Gasteiger partial charge in [-0.05, 0) is 6.92 Å². The fraction of sp³-hybridized carbons (Fsp3) is 0.897. The summed E-state index contributed by atoms with van der Waals surface area (Å²) in [5.74, 6) is -4.64. The first kappa shape index (κ1) is 35.3. The molecular weight excluding hydrogens is 640 g/mol. The van der Waals surface area contributed by atoms with E-state index in [-0.39, 0.29) is 44.3 Å². The van der Waals surface area contributed by atoms with Gasteiger partial charge in [0.2, 0.25) is 23.4 Å². The van der Waals surface area contributed by atoms with Crippen LogP contribution in [0.15, 0.2) is 0 Å². The number of aliphatic hydroxyl groups is 4. The van der Waals surface area contributed by atoms with E-state index in [1.54, 1.807) is 0 Å². The SMILES string of the molecule is CC(=O)CSC(CC(=O)NC[C@@]12OC[C@@H](O1)[C@@H](N1CCNCC1)[C@@H](O)[C@H]2O)C(=O)NC[C@@]12OC[C@@H](O1)[C@@H](N1CCNCC1)[C@@H](O)[C@H]2O. The van der Waals surface area contributed by atoms with Gasteiger partial charge < -0.3 is 60.6 Å². The highest BCUT2D eigenvalue weighted by molar-refractivity contribution is 8.01. The van der Waals surface area contributed by atoms with E-state index in [0.717, 1.165) is 37.9 Å². The second-order valence-corrected chi connectivity index (χ2v) is 14.4. The van der Waals surface area contributed by atoms with Crippen molar-refractivity contribution < 1.29 is 53.8 Å². The molecule has 0 spiro atoms. The number of nitrogens with zero attached hydrogens (tertiary/aromatic N) is 2. The molecule has 6 rings (SSSR count). The first-order valence-corrected chi connectivity index (χ1v) is 17.5. The lowest BCUT2D eigenvalue weighted by Gasteiger charge is -2.47. The van der Waals surface area contributed by atoms with Gasteiger partial charge in [-0.1, -0.05) is 0 Å². The molecule has 0 aromatic carbocycles. The first-order valence-electron chi connectivity index (χ1n) is 16.4. The highest BCUT2D eigenvalue weighted by Crippen LogP contribution is 2.40. The number of hydrogen-bond donors (Lipinski definition) is 8. The van der Waals surface area contributed by atoms with E-state index in [1.165, 1.54) is 6.92 Å². The fourth-order valence-corrected chi connectivity index (χ4v) is 8.50. The number of carbonyl (C=O) groups excluding carboxylic acids is 3. The Bertz CT molecular complexity index is 1150. The summed E-state index contributed by atoms with van der Waals surface area (Å²) in [6.07, 6.45) is -6.50. The molecule has 8 N–H and O–H groups in total. The molecule has 0 radical (unpaired) electrons. The van der Waals surface area contributed by atoms with Crippen molar-refractivity contribution in [2.24, 2.45) is 0 Å². The quantitative estimate of drug-likeness (QED) is 0.0958. The van der Waals surface area contributed by atoms with E-state index in [1.807, 2.05) is 0 Å². The van der Waals surface area contributed by atoms with Crippen LogP contribution in [0.4, 0.5) is 0 Å². The molecule has 0 aromatic heterocycles. The van der Waals surface area contributed by atoms with E-state index in [2.05, 4.69) is 31.1 Å². The average Bonchev–Trinajstić information content (AvgIpc) is 3.66. The van der Waals surface area contributed by atoms with E-state index >= 15 is 0 Å². The molecule has 0 saturated carbocycles. The van der Waals surface area contributed by atoms with E-state index in [9.17, 15) is 34.8 Å². The van der Waals surface area contributed by atoms with E-state index < -0.39 is 77.3 Å². The first-order chi connectivity index (χ1) is 22.5. The number of hydrogen-bond acceptors (Lipinski definition) is 16. The van der Waals surface area contributed by atoms with Gasteiger partial charge in [0.25, 0.3) is 0 Å². The second kappa shape index (κ2) is 14.8. The number of ether oxygens (including phenoxy) is 4. The lowest BCUT2D eigenvalue weighted by molar-refractivity contribution is -0.283. The summed E-state index contributed by atoms with van der Waals surface area (Å²) in [6.45, 7) is 6.88. The van der Waals surface area contributed by atoms with Crippen molar-refractivity contribution in [3.8, 4) is 0 Å². The average molecular weight is 689 g/mol. The number of piperazine rings is 2. The minimum absolute atomic E-state index is 0.0184. The summed E-state index contributed by atoms with van der Waals surface area (Å²) in [7, 11) is 0. The summed E-state index contributed by atoms with van der Waals surface area (Å²) in [6, 6.07) is -0.908. The maximum Gasteiger partial charge on any atom is 0.233 e. The summed E-state index contributed by atoms with van der Waals surface area (Å²) in [4.78, 5) is 42.4. The summed E-state index contributed by atoms with van der Waals surface area (Å²) in [5.41, 5.74) is 0. The van der Waals surface area contributed by atoms with Gasteiger partial charge in [0.1, 0.15) is 42.4 Å². The molecule has 4 bridgehead atoms. The zero-order chi connectivity index (χ0) is 33.3. The Labute approximate surface area is 277 Å². The Balaban J connectivity index is 1.04. The third-order valence-electron chi connectivity index (χ3n) is 10.0. The molecule has 2 amide bonds. The van der Waals surface area contributed by atoms with Gasteiger partial charge in [-0.2, -0.15) is 0 Å². The maximum absolute atomic E-state index is 13.4. The Morgan fingerprint density at radius 3 is 1.74 bits per heavy atom. The molecule has 6 aliphatic heterocycles. The standard InChI is InChI=1S/C29H48N6O11S/c1-16(36)13-47-19(27(42)33-15-29-26(41)24(39)22(18(46-29)12-44-29)35-8-4-31-5-9-35)10-20(37)32-14-28-25(40)23(38)21(17(45-28)11-43-28)34-6-2-30-3-7-34/h17-19,21-26,30-31,38-41H,2-15H2,1H3,(H,32,37)(H,33,42)/t17-,18-,19?,21-,22-,23-,24-,25-,26-,28-,29-/m1/s1. The van der Waals surface area contributed by atoms with Gasteiger partial charge in [-0.25, -0.2) is 0 Å². The van der Waals surface area contributed by atoms with Crippen LogP contribution in [0.1, 0.15) is 13.3 Å². The number of amides is 2. The Kier molecular flexibility index (Phi) is 11.1. The number of ketones is 1. The number of fused-ring (bicyclic) bond motifs is 4. The molecule has 18 heteroatoms. The number of nitrogens with one attached hydrogen (secondary N) is 4. The van der Waals surface area contributed by atoms with E-state index in [4.69, 9.17) is 18.9 Å². The molecule has 17 nitrogen and oxygen atoms in total. The van der Waals surface area contributed by atoms with Crippen molar-refractivity contribution in [3.05, 3.63) is 0 Å². The van der Waals surface area contributed by atoms with Crippen molar-refractivity contribution in [1.82, 2.24) is 31.1 Å². The molecular formula is C29H48N6O11S. The molecule has 0 aromatic rings. The summed E-state index contributed by atoms with van der Waals surface area (Å²) >= 11 is 0.991. The van der Waals surface area contributed by atoms with Crippen LogP contribution in [0.5, 0.6) is 0 Å². The minimum Gasteiger partial charge on any atom is -0.388 e. The summed E-state index contributed by atoms with van der Waals surface area (Å²) in [5, 5.41) is 55.1. The monoisotopic (exact) mass is 688 g/mol. The van der Waals surface area contributed by atoms with Gasteiger partial charge in [0.15, 0.2) is 0 Å². The Morgan fingerprint density at radius 2 is 1.28 bits per heavy atom. The molecule has 47 heavy (non-hydrogen) atoms. The van der Waals surface area contributed by atoms with Gasteiger partial charge in [0, 0.05) is 58.8 Å². The molecule has 6 aliphatic rings. The predicted octanol–water partition coefficient (Wildman–Crippen LogP) is -5.46. The third kappa shape index (κ3) is 7.21. The number of rotatable bonds is 12. The van der Waals surface area contributed by atoms with Crippen molar-refractivity contribution >= 4 is 29.4 Å². The second-order valence-electron chi connectivity index (χ2n) is 13.2. The largest absolute Gasteiger partial charge is 0.388 e. The van der Waals surface area contributed by atoms with Gasteiger partial charge in [0.05, 0.1) is 49.4 Å². The van der Waals surface area contributed by atoms with Crippen LogP contribution >= 0.6 is 11.8 Å². The highest BCUT2D eigenvalue weighted by atomic mass is 32.2. The molecule has 6 fully saturated rings. The van der Waals surface area contributed by atoms with Gasteiger partial charge in [-0.3, -0.25) is 24.2 Å². The van der Waals surface area contributed by atoms with Crippen LogP contribution in [0.3, 0.4) is 0 Å². The third-order valence-corrected chi connectivity index (χ3v) is 11.4. The Hall–Kier alpha value is -1.52. The van der Waals surface area contributed by atoms with Crippen LogP contribution < -0.4 is 21.3 Å². The smallest absolute Gasteiger partial charge is 0.233 e. The predicted molar refractivity (Wildman–Crippen MR) is 165 cm³/mol. The van der Waals surface area contributed by atoms with Crippen LogP contribution in [0, 0.1) is 0 Å². The fourth-order valence-electron chi connectivity index (χ4n) is 7.56. The van der Waals surface area contributed by atoms with Crippen LogP contribution in [0.2, 0.25) is 0 Å². The van der Waals surface area contributed by atoms with Crippen molar-refractivity contribution in [1.29, 1.82) is 0 Å². The molecule has 11 atom stereocenters. The van der Waals surface area contributed by atoms with Crippen LogP contribution in [-0.2, 0) is 33.3 Å². The highest BCUT2D eigenvalue weighted by Gasteiger charge is 2.62. The van der Waals surface area contributed by atoms with Crippen LogP contribution in [0.25, 0.3) is 0 Å². The molecule has 1 unspecified atom stereocenters. The van der Waals surface area contributed by atoms with Crippen molar-refractivity contribution in [2.45, 2.75) is 78.9 Å². The van der Waals surface area contributed by atoms with Gasteiger partial charge in [-0.15, -0.1) is 11.8 Å². The van der Waals surface area contributed by atoms with Crippen LogP contribution in [-0.4, -0.2) is 198 Å². The number of Topliss-reactive ketones (excluding diaryl/α,β-unsaturated/α-hetero) is 1.